The second-order valence-corrected chi connectivity index (χ2v) is 8.98. The van der Waals surface area contributed by atoms with Crippen LogP contribution in [0.15, 0.2) is 41.4 Å². The topological polar surface area (TPSA) is 59.1 Å². The summed E-state index contributed by atoms with van der Waals surface area (Å²) < 4.78 is 10.7. The molecule has 0 N–H and O–H groups in total. The van der Waals surface area contributed by atoms with Crippen LogP contribution in [-0.2, 0) is 9.59 Å². The second kappa shape index (κ2) is 8.14. The van der Waals surface area contributed by atoms with Crippen molar-refractivity contribution in [1.82, 2.24) is 4.90 Å². The van der Waals surface area contributed by atoms with E-state index in [9.17, 15) is 9.59 Å². The number of likely N-dealkylation sites (tertiary alicyclic amines) is 1. The van der Waals surface area contributed by atoms with E-state index in [4.69, 9.17) is 9.47 Å². The summed E-state index contributed by atoms with van der Waals surface area (Å²) >= 11 is 1.48. The number of amides is 2. The van der Waals surface area contributed by atoms with Gasteiger partial charge in [0, 0.05) is 24.0 Å². The summed E-state index contributed by atoms with van der Waals surface area (Å²) in [6.45, 7) is 5.93. The van der Waals surface area contributed by atoms with Gasteiger partial charge in [0.2, 0.25) is 0 Å². The normalized spacial score (nSPS) is 22.1. The molecule has 7 heteroatoms. The Morgan fingerprint density at radius 3 is 2.27 bits per heavy atom. The van der Waals surface area contributed by atoms with E-state index < -0.39 is 0 Å². The van der Waals surface area contributed by atoms with E-state index >= 15 is 0 Å². The number of hydrogen-bond acceptors (Lipinski definition) is 6. The number of thiophene rings is 1. The maximum atomic E-state index is 13.6. The third kappa shape index (κ3) is 3.47. The highest BCUT2D eigenvalue weighted by Crippen LogP contribution is 2.40. The van der Waals surface area contributed by atoms with Gasteiger partial charge in [0.05, 0.1) is 25.5 Å². The van der Waals surface area contributed by atoms with Crippen LogP contribution in [-0.4, -0.2) is 44.0 Å². The first-order valence-electron chi connectivity index (χ1n) is 10.1. The number of hydrogen-bond donors (Lipinski definition) is 0. The Bertz CT molecular complexity index is 989. The standard InChI is InChI=1S/C23H26N2O4S/c1-14-10-15(2)13-24(12-14)21-20(19-6-5-9-30-19)22(26)25(23(21)27)16-7-8-17(28-3)18(11-16)29-4/h5-9,11,14-15H,10,12-13H2,1-4H3. The molecule has 0 aliphatic carbocycles. The van der Waals surface area contributed by atoms with Crippen LogP contribution in [0.5, 0.6) is 11.5 Å². The number of rotatable bonds is 5. The van der Waals surface area contributed by atoms with Gasteiger partial charge in [-0.2, -0.15) is 0 Å². The molecule has 0 bridgehead atoms. The lowest BCUT2D eigenvalue weighted by Crippen LogP contribution is -2.42. The summed E-state index contributed by atoms with van der Waals surface area (Å²) in [5, 5.41) is 1.93. The second-order valence-electron chi connectivity index (χ2n) is 8.04. The first kappa shape index (κ1) is 20.5. The van der Waals surface area contributed by atoms with Gasteiger partial charge in [-0.3, -0.25) is 9.59 Å². The van der Waals surface area contributed by atoms with Crippen molar-refractivity contribution in [2.75, 3.05) is 32.2 Å². The Balaban J connectivity index is 1.79. The number of anilines is 1. The number of benzene rings is 1. The molecule has 2 aliphatic heterocycles. The van der Waals surface area contributed by atoms with Gasteiger partial charge >= 0.3 is 0 Å². The predicted molar refractivity (Wildman–Crippen MR) is 118 cm³/mol. The highest BCUT2D eigenvalue weighted by Gasteiger charge is 2.44. The van der Waals surface area contributed by atoms with Crippen molar-refractivity contribution in [3.05, 3.63) is 46.3 Å². The first-order valence-corrected chi connectivity index (χ1v) is 11.0. The van der Waals surface area contributed by atoms with Crippen LogP contribution in [0.2, 0.25) is 0 Å². The fourth-order valence-corrected chi connectivity index (χ4v) is 5.26. The van der Waals surface area contributed by atoms with Crippen molar-refractivity contribution in [1.29, 1.82) is 0 Å². The molecule has 1 saturated heterocycles. The Hall–Kier alpha value is -2.80. The third-order valence-corrected chi connectivity index (χ3v) is 6.52. The fraction of sp³-hybridized carbons (Fsp3) is 0.391. The minimum Gasteiger partial charge on any atom is -0.493 e. The molecule has 158 valence electrons. The van der Waals surface area contributed by atoms with Crippen LogP contribution >= 0.6 is 11.3 Å². The first-order chi connectivity index (χ1) is 14.4. The molecule has 2 unspecified atom stereocenters. The lowest BCUT2D eigenvalue weighted by Gasteiger charge is -2.37. The zero-order valence-electron chi connectivity index (χ0n) is 17.7. The molecule has 2 aromatic rings. The molecule has 1 fully saturated rings. The monoisotopic (exact) mass is 426 g/mol. The Labute approximate surface area is 180 Å². The van der Waals surface area contributed by atoms with E-state index in [1.165, 1.54) is 23.3 Å². The molecule has 4 rings (SSSR count). The van der Waals surface area contributed by atoms with Crippen molar-refractivity contribution >= 4 is 34.4 Å². The van der Waals surface area contributed by atoms with E-state index in [2.05, 4.69) is 18.7 Å². The summed E-state index contributed by atoms with van der Waals surface area (Å²) in [7, 11) is 3.09. The van der Waals surface area contributed by atoms with Crippen molar-refractivity contribution in [3.63, 3.8) is 0 Å². The van der Waals surface area contributed by atoms with E-state index in [0.717, 1.165) is 24.4 Å². The van der Waals surface area contributed by atoms with E-state index in [-0.39, 0.29) is 11.8 Å². The number of nitrogens with zero attached hydrogens (tertiary/aromatic N) is 2. The number of piperidine rings is 1. The molecule has 1 aromatic carbocycles. The third-order valence-electron chi connectivity index (χ3n) is 5.64. The summed E-state index contributed by atoms with van der Waals surface area (Å²) in [6, 6.07) is 8.91. The molecule has 3 heterocycles. The number of methoxy groups -OCH3 is 2. The Morgan fingerprint density at radius 1 is 0.967 bits per heavy atom. The quantitative estimate of drug-likeness (QED) is 0.676. The largest absolute Gasteiger partial charge is 0.493 e. The molecule has 2 amide bonds. The minimum absolute atomic E-state index is 0.281. The molecule has 1 aromatic heterocycles. The fourth-order valence-electron chi connectivity index (χ4n) is 4.50. The van der Waals surface area contributed by atoms with Gasteiger partial charge in [0.1, 0.15) is 5.70 Å². The lowest BCUT2D eigenvalue weighted by molar-refractivity contribution is -0.120. The smallest absolute Gasteiger partial charge is 0.282 e. The van der Waals surface area contributed by atoms with Crippen LogP contribution in [0.4, 0.5) is 5.69 Å². The molecule has 2 aliphatic rings. The minimum atomic E-state index is -0.296. The van der Waals surface area contributed by atoms with Crippen LogP contribution in [0.3, 0.4) is 0 Å². The van der Waals surface area contributed by atoms with Crippen molar-refractivity contribution in [2.45, 2.75) is 20.3 Å². The van der Waals surface area contributed by atoms with Gasteiger partial charge in [-0.15, -0.1) is 11.3 Å². The van der Waals surface area contributed by atoms with Crippen molar-refractivity contribution in [2.24, 2.45) is 11.8 Å². The van der Waals surface area contributed by atoms with Gasteiger partial charge in [0.25, 0.3) is 11.8 Å². The molecular formula is C23H26N2O4S. The average Bonchev–Trinajstić information content (AvgIpc) is 3.32. The molecule has 0 spiro atoms. The van der Waals surface area contributed by atoms with Gasteiger partial charge in [-0.1, -0.05) is 19.9 Å². The van der Waals surface area contributed by atoms with Crippen molar-refractivity contribution in [3.8, 4) is 11.5 Å². The van der Waals surface area contributed by atoms with Gasteiger partial charge in [-0.25, -0.2) is 4.90 Å². The SMILES string of the molecule is COc1ccc(N2C(=O)C(c3cccs3)=C(N3CC(C)CC(C)C3)C2=O)cc1OC. The summed E-state index contributed by atoms with van der Waals surface area (Å²) in [5.74, 6) is 1.37. The van der Waals surface area contributed by atoms with Gasteiger partial charge < -0.3 is 14.4 Å². The van der Waals surface area contributed by atoms with Crippen LogP contribution < -0.4 is 14.4 Å². The zero-order chi connectivity index (χ0) is 21.4. The number of imide groups is 1. The summed E-state index contributed by atoms with van der Waals surface area (Å²) in [4.78, 5) is 31.4. The molecule has 30 heavy (non-hydrogen) atoms. The highest BCUT2D eigenvalue weighted by molar-refractivity contribution is 7.11. The average molecular weight is 427 g/mol. The molecule has 6 nitrogen and oxygen atoms in total. The molecular weight excluding hydrogens is 400 g/mol. The van der Waals surface area contributed by atoms with Crippen LogP contribution in [0.25, 0.3) is 5.57 Å². The maximum absolute atomic E-state index is 13.6. The lowest BCUT2D eigenvalue weighted by atomic mass is 9.91. The molecule has 0 saturated carbocycles. The van der Waals surface area contributed by atoms with E-state index in [1.54, 1.807) is 25.3 Å². The highest BCUT2D eigenvalue weighted by atomic mass is 32.1. The Kier molecular flexibility index (Phi) is 5.56. The van der Waals surface area contributed by atoms with E-state index in [0.29, 0.717) is 40.3 Å². The number of carbonyl (C=O) groups excluding carboxylic acids is 2. The summed E-state index contributed by atoms with van der Waals surface area (Å²) in [5.41, 5.74) is 1.48. The predicted octanol–water partition coefficient (Wildman–Crippen LogP) is 4.03. The van der Waals surface area contributed by atoms with Crippen molar-refractivity contribution < 1.29 is 19.1 Å². The number of ether oxygens (including phenoxy) is 2. The van der Waals surface area contributed by atoms with Gasteiger partial charge in [0.15, 0.2) is 11.5 Å². The zero-order valence-corrected chi connectivity index (χ0v) is 18.5. The van der Waals surface area contributed by atoms with Gasteiger partial charge in [-0.05, 0) is 41.8 Å². The van der Waals surface area contributed by atoms with Crippen LogP contribution in [0, 0.1) is 11.8 Å². The van der Waals surface area contributed by atoms with Crippen LogP contribution in [0.1, 0.15) is 25.1 Å². The molecule has 0 radical (unpaired) electrons. The number of carbonyl (C=O) groups is 2. The summed E-state index contributed by atoms with van der Waals surface area (Å²) in [6.07, 6.45) is 1.12. The maximum Gasteiger partial charge on any atom is 0.282 e. The molecule has 2 atom stereocenters. The van der Waals surface area contributed by atoms with E-state index in [1.807, 2.05) is 17.5 Å². The Morgan fingerprint density at radius 2 is 1.67 bits per heavy atom.